The van der Waals surface area contributed by atoms with Crippen LogP contribution in [0.25, 0.3) is 0 Å². The van der Waals surface area contributed by atoms with Crippen molar-refractivity contribution in [2.24, 2.45) is 11.7 Å². The van der Waals surface area contributed by atoms with Crippen molar-refractivity contribution >= 4 is 5.91 Å². The molecule has 2 N–H and O–H groups in total. The Morgan fingerprint density at radius 1 is 1.32 bits per heavy atom. The van der Waals surface area contributed by atoms with Crippen LogP contribution in [0, 0.1) is 19.8 Å². The Morgan fingerprint density at radius 2 is 1.95 bits per heavy atom. The molecule has 2 aliphatic rings. The predicted octanol–water partition coefficient (Wildman–Crippen LogP) is 1.57. The molecule has 1 spiro atoms. The molecule has 122 valence electrons. The van der Waals surface area contributed by atoms with Crippen LogP contribution in [0.1, 0.15) is 47.4 Å². The molecule has 1 aliphatic carbocycles. The number of ether oxygens (including phenoxy) is 2. The summed E-state index contributed by atoms with van der Waals surface area (Å²) < 4.78 is 13.0. The van der Waals surface area contributed by atoms with Crippen molar-refractivity contribution in [3.8, 4) is 0 Å². The number of rotatable bonds is 3. The Kier molecular flexibility index (Phi) is 4.34. The molecule has 2 heterocycles. The van der Waals surface area contributed by atoms with Crippen molar-refractivity contribution in [3.63, 3.8) is 0 Å². The van der Waals surface area contributed by atoms with Crippen LogP contribution in [0.2, 0.25) is 0 Å². The van der Waals surface area contributed by atoms with Gasteiger partial charge in [0.25, 0.3) is 0 Å². The van der Waals surface area contributed by atoms with E-state index in [4.69, 9.17) is 15.2 Å². The van der Waals surface area contributed by atoms with E-state index < -0.39 is 5.79 Å². The van der Waals surface area contributed by atoms with Gasteiger partial charge in [0.2, 0.25) is 5.91 Å². The second-order valence-electron chi connectivity index (χ2n) is 6.32. The fraction of sp³-hybridized carbons (Fsp3) is 0.750. The molecule has 6 heteroatoms. The molecule has 3 rings (SSSR count). The molecule has 1 saturated carbocycles. The zero-order chi connectivity index (χ0) is 15.7. The van der Waals surface area contributed by atoms with Crippen LogP contribution in [-0.2, 0) is 15.9 Å². The third kappa shape index (κ3) is 2.71. The van der Waals surface area contributed by atoms with Crippen molar-refractivity contribution in [1.29, 1.82) is 0 Å². The topological polar surface area (TPSA) is 79.4 Å². The van der Waals surface area contributed by atoms with Crippen molar-refractivity contribution in [2.75, 3.05) is 19.8 Å². The highest BCUT2D eigenvalue weighted by Crippen LogP contribution is 2.38. The summed E-state index contributed by atoms with van der Waals surface area (Å²) >= 11 is 0. The Labute approximate surface area is 130 Å². The maximum Gasteiger partial charge on any atom is 0.250 e. The monoisotopic (exact) mass is 307 g/mol. The lowest BCUT2D eigenvalue weighted by molar-refractivity contribution is -0.180. The van der Waals surface area contributed by atoms with Gasteiger partial charge in [-0.3, -0.25) is 4.79 Å². The number of nitrogens with two attached hydrogens (primary N) is 1. The Balaban J connectivity index is 1.71. The van der Waals surface area contributed by atoms with Crippen LogP contribution in [0.5, 0.6) is 0 Å². The van der Waals surface area contributed by atoms with E-state index in [2.05, 4.69) is 5.10 Å². The molecule has 6 nitrogen and oxygen atoms in total. The van der Waals surface area contributed by atoms with Gasteiger partial charge in [-0.05, 0) is 45.2 Å². The van der Waals surface area contributed by atoms with Gasteiger partial charge in [0.15, 0.2) is 5.79 Å². The van der Waals surface area contributed by atoms with Crippen LogP contribution < -0.4 is 5.73 Å². The average Bonchev–Trinajstić information content (AvgIpc) is 3.08. The lowest BCUT2D eigenvalue weighted by Gasteiger charge is -2.34. The first-order valence-electron chi connectivity index (χ1n) is 8.13. The minimum atomic E-state index is -0.420. The van der Waals surface area contributed by atoms with Crippen LogP contribution in [0.3, 0.4) is 0 Å². The van der Waals surface area contributed by atoms with Crippen LogP contribution in [0.4, 0.5) is 0 Å². The highest BCUT2D eigenvalue weighted by molar-refractivity contribution is 5.81. The number of carbonyl (C=O) groups excluding carboxylic acids is 1. The molecule has 2 fully saturated rings. The van der Waals surface area contributed by atoms with Gasteiger partial charge in [-0.2, -0.15) is 5.10 Å². The number of hydrogen-bond donors (Lipinski definition) is 1. The van der Waals surface area contributed by atoms with Gasteiger partial charge in [-0.15, -0.1) is 0 Å². The number of nitrogens with zero attached hydrogens (tertiary/aromatic N) is 2. The van der Waals surface area contributed by atoms with Crippen molar-refractivity contribution in [2.45, 2.75) is 51.7 Å². The summed E-state index contributed by atoms with van der Waals surface area (Å²) in [5, 5.41) is 4.44. The second-order valence-corrected chi connectivity index (χ2v) is 6.32. The molecule has 0 amide bonds. The van der Waals surface area contributed by atoms with Crippen molar-refractivity contribution in [1.82, 2.24) is 9.78 Å². The number of hydrogen-bond acceptors (Lipinski definition) is 5. The van der Waals surface area contributed by atoms with Crippen molar-refractivity contribution < 1.29 is 14.3 Å². The second kappa shape index (κ2) is 6.10. The molecule has 0 unspecified atom stereocenters. The zero-order valence-corrected chi connectivity index (χ0v) is 13.4. The first kappa shape index (κ1) is 15.6. The van der Waals surface area contributed by atoms with Gasteiger partial charge >= 0.3 is 0 Å². The molecule has 0 atom stereocenters. The first-order chi connectivity index (χ1) is 10.6. The highest BCUT2D eigenvalue weighted by atomic mass is 16.7. The maximum atomic E-state index is 12.8. The van der Waals surface area contributed by atoms with E-state index >= 15 is 0 Å². The SMILES string of the molecule is Cc1nn(C(=O)C2CCC3(CC2)OCCO3)c(C)c1CCN. The summed E-state index contributed by atoms with van der Waals surface area (Å²) in [5.41, 5.74) is 8.59. The summed E-state index contributed by atoms with van der Waals surface area (Å²) in [5.74, 6) is -0.324. The average molecular weight is 307 g/mol. The van der Waals surface area contributed by atoms with E-state index in [1.165, 1.54) is 0 Å². The van der Waals surface area contributed by atoms with E-state index in [0.717, 1.165) is 49.1 Å². The Hall–Kier alpha value is -1.24. The van der Waals surface area contributed by atoms with Gasteiger partial charge < -0.3 is 15.2 Å². The summed E-state index contributed by atoms with van der Waals surface area (Å²) in [7, 11) is 0. The lowest BCUT2D eigenvalue weighted by Crippen LogP contribution is -2.38. The van der Waals surface area contributed by atoms with E-state index in [0.29, 0.717) is 19.8 Å². The summed E-state index contributed by atoms with van der Waals surface area (Å²) in [4.78, 5) is 12.8. The van der Waals surface area contributed by atoms with Crippen LogP contribution in [-0.4, -0.2) is 41.2 Å². The zero-order valence-electron chi connectivity index (χ0n) is 13.4. The molecule has 1 aliphatic heterocycles. The van der Waals surface area contributed by atoms with Crippen molar-refractivity contribution in [3.05, 3.63) is 17.0 Å². The molecule has 1 aromatic rings. The van der Waals surface area contributed by atoms with Gasteiger partial charge in [-0.25, -0.2) is 4.68 Å². The standard InChI is InChI=1S/C16H25N3O3/c1-11-14(5-8-17)12(2)19(18-11)15(20)13-3-6-16(7-4-13)21-9-10-22-16/h13H,3-10,17H2,1-2H3. The van der Waals surface area contributed by atoms with Gasteiger partial charge in [-0.1, -0.05) is 0 Å². The molecule has 0 bridgehead atoms. The molecule has 22 heavy (non-hydrogen) atoms. The van der Waals surface area contributed by atoms with Crippen LogP contribution in [0.15, 0.2) is 0 Å². The van der Waals surface area contributed by atoms with E-state index in [-0.39, 0.29) is 11.8 Å². The number of carbonyl (C=O) groups is 1. The predicted molar refractivity (Wildman–Crippen MR) is 81.7 cm³/mol. The summed E-state index contributed by atoms with van der Waals surface area (Å²) in [6, 6.07) is 0. The van der Waals surface area contributed by atoms with E-state index in [1.54, 1.807) is 4.68 Å². The highest BCUT2D eigenvalue weighted by Gasteiger charge is 2.42. The molecular weight excluding hydrogens is 282 g/mol. The summed E-state index contributed by atoms with van der Waals surface area (Å²) in [6.45, 7) is 5.80. The molecule has 0 radical (unpaired) electrons. The maximum absolute atomic E-state index is 12.8. The van der Waals surface area contributed by atoms with E-state index in [9.17, 15) is 4.79 Å². The first-order valence-corrected chi connectivity index (χ1v) is 8.13. The fourth-order valence-electron chi connectivity index (χ4n) is 3.66. The largest absolute Gasteiger partial charge is 0.348 e. The minimum Gasteiger partial charge on any atom is -0.348 e. The Bertz CT molecular complexity index is 551. The normalized spacial score (nSPS) is 21.6. The third-order valence-corrected chi connectivity index (χ3v) is 4.95. The van der Waals surface area contributed by atoms with Gasteiger partial charge in [0.1, 0.15) is 0 Å². The summed E-state index contributed by atoms with van der Waals surface area (Å²) in [6.07, 6.45) is 3.93. The van der Waals surface area contributed by atoms with E-state index in [1.807, 2.05) is 13.8 Å². The number of aromatic nitrogens is 2. The lowest BCUT2D eigenvalue weighted by atomic mass is 9.84. The molecule has 1 saturated heterocycles. The fourth-order valence-corrected chi connectivity index (χ4v) is 3.66. The smallest absolute Gasteiger partial charge is 0.250 e. The Morgan fingerprint density at radius 3 is 2.55 bits per heavy atom. The molecule has 0 aromatic carbocycles. The van der Waals surface area contributed by atoms with Gasteiger partial charge in [0.05, 0.1) is 18.9 Å². The molecule has 1 aromatic heterocycles. The minimum absolute atomic E-state index is 0.00199. The van der Waals surface area contributed by atoms with Gasteiger partial charge in [0, 0.05) is 24.5 Å². The van der Waals surface area contributed by atoms with Crippen LogP contribution >= 0.6 is 0 Å². The number of aryl methyl sites for hydroxylation is 1. The third-order valence-electron chi connectivity index (χ3n) is 4.95. The molecular formula is C16H25N3O3. The quantitative estimate of drug-likeness (QED) is 0.917.